The van der Waals surface area contributed by atoms with Gasteiger partial charge in [-0.1, -0.05) is 75.3 Å². The number of fused-ring (bicyclic) bond motifs is 1. The van der Waals surface area contributed by atoms with Gasteiger partial charge in [0.25, 0.3) is 0 Å². The largest absolute Gasteiger partial charge is 0.508 e. The number of likely N-dealkylation sites (tertiary alicyclic amines) is 1. The number of aliphatic hydroxyl groups excluding tert-OH is 2. The summed E-state index contributed by atoms with van der Waals surface area (Å²) in [7, 11) is 1.56. The lowest BCUT2D eigenvalue weighted by atomic mass is 9.84. The van der Waals surface area contributed by atoms with Gasteiger partial charge in [-0.3, -0.25) is 53.4 Å². The molecule has 1 aromatic heterocycles. The molecular formula is C59H86N16O14. The monoisotopic (exact) mass is 1240 g/mol. The van der Waals surface area contributed by atoms with Gasteiger partial charge in [0.2, 0.25) is 59.1 Å². The van der Waals surface area contributed by atoms with Gasteiger partial charge in [0.15, 0.2) is 5.96 Å². The van der Waals surface area contributed by atoms with Crippen molar-refractivity contribution in [1.29, 1.82) is 5.41 Å². The van der Waals surface area contributed by atoms with Crippen LogP contribution in [0.5, 0.6) is 5.75 Å². The van der Waals surface area contributed by atoms with Gasteiger partial charge in [0, 0.05) is 70.0 Å². The molecule has 12 amide bonds. The Labute approximate surface area is 514 Å². The summed E-state index contributed by atoms with van der Waals surface area (Å²) in [5.74, 6) is -8.37. The lowest BCUT2D eigenvalue weighted by Crippen LogP contribution is -2.63. The number of primary amides is 2. The number of carbonyl (C=O) groups excluding carboxylic acids is 11. The minimum atomic E-state index is -1.81. The average Bonchev–Trinajstić information content (AvgIpc) is 2.07. The number of benzene rings is 2. The van der Waals surface area contributed by atoms with Gasteiger partial charge in [0.1, 0.15) is 54.1 Å². The Balaban J connectivity index is 1.12. The molecule has 0 radical (unpaired) electrons. The highest BCUT2D eigenvalue weighted by Crippen LogP contribution is 2.34. The highest BCUT2D eigenvalue weighted by Gasteiger charge is 2.43. The minimum absolute atomic E-state index is 0.0254. The molecule has 1 aliphatic heterocycles. The van der Waals surface area contributed by atoms with E-state index in [1.165, 1.54) is 38.1 Å². The molecule has 30 nitrogen and oxygen atoms in total. The predicted molar refractivity (Wildman–Crippen MR) is 323 cm³/mol. The van der Waals surface area contributed by atoms with Crippen molar-refractivity contribution in [2.75, 3.05) is 33.2 Å². The van der Waals surface area contributed by atoms with Crippen LogP contribution in [0.4, 0.5) is 4.79 Å². The third kappa shape index (κ3) is 21.6. The Bertz CT molecular complexity index is 3000. The van der Waals surface area contributed by atoms with Gasteiger partial charge < -0.3 is 95.2 Å². The molecule has 2 saturated carbocycles. The van der Waals surface area contributed by atoms with Crippen LogP contribution in [-0.2, 0) is 60.8 Å². The first-order chi connectivity index (χ1) is 42.4. The summed E-state index contributed by atoms with van der Waals surface area (Å²) >= 11 is 0. The Morgan fingerprint density at radius 1 is 0.697 bits per heavy atom. The zero-order valence-electron chi connectivity index (χ0n) is 50.3. The first kappa shape index (κ1) is 69.0. The van der Waals surface area contributed by atoms with Gasteiger partial charge in [0.05, 0.1) is 18.8 Å². The van der Waals surface area contributed by atoms with Gasteiger partial charge in [-0.15, -0.1) is 0 Å². The maximum absolute atomic E-state index is 14.2. The summed E-state index contributed by atoms with van der Waals surface area (Å²) in [6.07, 6.45) is 4.70. The zero-order valence-corrected chi connectivity index (χ0v) is 50.3. The SMILES string of the molecule is CNC(=N)NCCC[C@H](NC(=O)[C@H](CC1CC1)NC(=O)CNC(=O)[C@H](CC1CCCCC1)NC(=O)[C@@H](NC(=O)[C@H](CNC(N)=O)NC(=O)[C@@H]1C[C@@H](O)CN1C(=O)[C@@H](Cc1ccc(O)cc1)NC(C)=O)[C@@H](C)O)C(=O)N[C@@H](Cc1c[nH]c2ccccc12)C(N)=O. The van der Waals surface area contributed by atoms with Crippen molar-refractivity contribution in [3.05, 3.63) is 65.9 Å². The Kier molecular flexibility index (Phi) is 25.9. The molecule has 0 bridgehead atoms. The van der Waals surface area contributed by atoms with Crippen molar-refractivity contribution in [2.24, 2.45) is 23.3 Å². The van der Waals surface area contributed by atoms with E-state index in [-0.39, 0.29) is 81.6 Å². The molecular weight excluding hydrogens is 1160 g/mol. The molecule has 0 unspecified atom stereocenters. The van der Waals surface area contributed by atoms with Crippen LogP contribution < -0.4 is 70.0 Å². The summed E-state index contributed by atoms with van der Waals surface area (Å²) in [6.45, 7) is 0.910. The van der Waals surface area contributed by atoms with Crippen molar-refractivity contribution in [2.45, 2.75) is 164 Å². The fourth-order valence-electron chi connectivity index (χ4n) is 11.0. The molecule has 10 atom stereocenters. The molecule has 2 aromatic carbocycles. The van der Waals surface area contributed by atoms with E-state index in [1.807, 2.05) is 24.3 Å². The van der Waals surface area contributed by atoms with Crippen LogP contribution in [0.2, 0.25) is 0 Å². The van der Waals surface area contributed by atoms with Gasteiger partial charge in [-0.25, -0.2) is 4.79 Å². The van der Waals surface area contributed by atoms with E-state index in [2.05, 4.69) is 63.5 Å². The molecule has 0 spiro atoms. The van der Waals surface area contributed by atoms with Gasteiger partial charge >= 0.3 is 6.03 Å². The lowest BCUT2D eigenvalue weighted by molar-refractivity contribution is -0.142. The highest BCUT2D eigenvalue weighted by molar-refractivity contribution is 5.99. The second-order valence-corrected chi connectivity index (χ2v) is 23.2. The molecule has 2 heterocycles. The number of rotatable bonds is 32. The normalized spacial score (nSPS) is 18.4. The molecule has 486 valence electrons. The number of aromatic amines is 1. The first-order valence-electron chi connectivity index (χ1n) is 30.1. The molecule has 2 aliphatic carbocycles. The number of phenolic OH excluding ortho intramolecular Hbond substituents is 1. The number of carbonyl (C=O) groups is 11. The quantitative estimate of drug-likeness (QED) is 0.0168. The molecule has 20 N–H and O–H groups in total. The van der Waals surface area contributed by atoms with E-state index in [1.54, 1.807) is 13.2 Å². The Morgan fingerprint density at radius 3 is 1.97 bits per heavy atom. The summed E-state index contributed by atoms with van der Waals surface area (Å²) in [5, 5.41) is 68.5. The highest BCUT2D eigenvalue weighted by atomic mass is 16.3. The van der Waals surface area contributed by atoms with Crippen LogP contribution in [-0.4, -0.2) is 190 Å². The molecule has 89 heavy (non-hydrogen) atoms. The maximum atomic E-state index is 14.2. The van der Waals surface area contributed by atoms with Crippen molar-refractivity contribution in [1.82, 2.24) is 68.4 Å². The third-order valence-electron chi connectivity index (χ3n) is 16.0. The predicted octanol–water partition coefficient (Wildman–Crippen LogP) is -3.02. The number of hydrogen-bond donors (Lipinski definition) is 18. The van der Waals surface area contributed by atoms with E-state index in [4.69, 9.17) is 16.9 Å². The lowest BCUT2D eigenvalue weighted by Gasteiger charge is -2.31. The van der Waals surface area contributed by atoms with Crippen molar-refractivity contribution >= 4 is 82.0 Å². The van der Waals surface area contributed by atoms with Crippen LogP contribution in [0.15, 0.2) is 54.7 Å². The minimum Gasteiger partial charge on any atom is -0.508 e. The number of H-pyrrole nitrogens is 1. The molecule has 1 saturated heterocycles. The second kappa shape index (κ2) is 33.3. The van der Waals surface area contributed by atoms with Crippen molar-refractivity contribution < 1.29 is 68.1 Å². The van der Waals surface area contributed by atoms with E-state index in [0.717, 1.165) is 53.5 Å². The molecule has 3 aliphatic rings. The van der Waals surface area contributed by atoms with Gasteiger partial charge in [-0.05, 0) is 73.8 Å². The fraction of sp³-hybridized carbons (Fsp3) is 0.559. The smallest absolute Gasteiger partial charge is 0.312 e. The summed E-state index contributed by atoms with van der Waals surface area (Å²) in [4.78, 5) is 154. The number of β-amino-alcohol motifs (C(OH)–C–C–N with tert-alkyl or cyclic N) is 1. The topological polar surface area (TPSA) is 476 Å². The Morgan fingerprint density at radius 2 is 1.33 bits per heavy atom. The number of guanidine groups is 1. The fourth-order valence-corrected chi connectivity index (χ4v) is 11.0. The number of aromatic hydroxyl groups is 1. The van der Waals surface area contributed by atoms with Gasteiger partial charge in [-0.2, -0.15) is 0 Å². The molecule has 3 aromatic rings. The maximum Gasteiger partial charge on any atom is 0.312 e. The van der Waals surface area contributed by atoms with Crippen LogP contribution in [0.3, 0.4) is 0 Å². The number of hydrogen-bond acceptors (Lipinski definition) is 15. The number of nitrogens with one attached hydrogen (secondary N) is 13. The van der Waals surface area contributed by atoms with E-state index < -0.39 is 139 Å². The average molecular weight is 1240 g/mol. The van der Waals surface area contributed by atoms with Crippen LogP contribution in [0, 0.1) is 17.2 Å². The van der Waals surface area contributed by atoms with Crippen LogP contribution >= 0.6 is 0 Å². The number of aliphatic hydroxyl groups is 2. The number of para-hydroxylation sites is 1. The number of amides is 12. The van der Waals surface area contributed by atoms with Crippen molar-refractivity contribution in [3.8, 4) is 5.75 Å². The Hall–Kier alpha value is -9.06. The first-order valence-corrected chi connectivity index (χ1v) is 30.1. The standard InChI is InChI=1S/C59H86N16O14/c1-31(76)49(74-54(85)46(28-67-59(62)89)73-55(86)47-26-38(79)30-75(47)57(88)45(68-32(2)77)24-35-17-19-37(78)20-18-35)56(87)72-43(22-33-10-5-4-6-11-33)51(82)66-29-48(80)69-44(23-34-15-16-34)53(84)70-41(14-9-21-64-58(61)63-3)52(83)71-42(50(60)81)25-36-27-65-40-13-8-7-12-39(36)40/h7-8,12-13,17-20,27,31,33-34,38,41-47,49,65,76,78-79H,4-6,9-11,14-16,21-26,28-30H2,1-3H3,(H2,60,81)(H,66,82)(H,68,77)(H,69,80)(H,70,84)(H,71,83)(H,72,87)(H,73,86)(H,74,85)(H3,61,63,64)(H3,62,67,89)/t31-,38-,41+,42+,43+,44+,45-,46+,47+,49+/m1/s1. The second-order valence-electron chi connectivity index (χ2n) is 23.2. The zero-order chi connectivity index (χ0) is 64.9. The molecule has 30 heteroatoms. The number of phenols is 1. The van der Waals surface area contributed by atoms with Crippen LogP contribution in [0.1, 0.15) is 102 Å². The number of urea groups is 1. The third-order valence-corrected chi connectivity index (χ3v) is 16.0. The van der Waals surface area contributed by atoms with Crippen LogP contribution in [0.25, 0.3) is 10.9 Å². The molecule has 3 fully saturated rings. The van der Waals surface area contributed by atoms with Crippen molar-refractivity contribution in [3.63, 3.8) is 0 Å². The molecule has 6 rings (SSSR count). The number of nitrogens with two attached hydrogens (primary N) is 2. The number of nitrogens with zero attached hydrogens (tertiary/aromatic N) is 1. The summed E-state index contributed by atoms with van der Waals surface area (Å²) < 4.78 is 0. The van der Waals surface area contributed by atoms with E-state index in [0.29, 0.717) is 18.4 Å². The summed E-state index contributed by atoms with van der Waals surface area (Å²) in [6, 6.07) is 0.997. The van der Waals surface area contributed by atoms with E-state index in [9.17, 15) is 68.1 Å². The number of aromatic nitrogens is 1. The van der Waals surface area contributed by atoms with E-state index >= 15 is 0 Å². The summed E-state index contributed by atoms with van der Waals surface area (Å²) in [5.41, 5.74) is 13.2.